The van der Waals surface area contributed by atoms with Gasteiger partial charge in [-0.05, 0) is 21.5 Å². The lowest BCUT2D eigenvalue weighted by Crippen LogP contribution is -2.18. The monoisotopic (exact) mass is 309 g/mol. The van der Waals surface area contributed by atoms with Crippen LogP contribution in [0.4, 0.5) is 5.69 Å². The molecule has 3 N–H and O–H groups in total. The second-order valence-corrected chi connectivity index (χ2v) is 4.51. The van der Waals surface area contributed by atoms with Crippen molar-refractivity contribution in [3.05, 3.63) is 56.9 Å². The van der Waals surface area contributed by atoms with Gasteiger partial charge in [0, 0.05) is 0 Å². The van der Waals surface area contributed by atoms with Crippen LogP contribution in [0.25, 0.3) is 0 Å². The minimum absolute atomic E-state index is 0.0801. The molecule has 0 saturated heterocycles. The maximum absolute atomic E-state index is 11.4. The molecule has 2 aromatic rings. The smallest absolute Gasteiger partial charge is 0.280 e. The van der Waals surface area contributed by atoms with Crippen molar-refractivity contribution in [2.75, 3.05) is 11.9 Å². The number of hydrogen-bond acceptors (Lipinski definition) is 4. The molecular formula is C12H12BrN3O2. The van der Waals surface area contributed by atoms with Crippen molar-refractivity contribution >= 4 is 21.6 Å². The highest BCUT2D eigenvalue weighted by atomic mass is 79.9. The average Bonchev–Trinajstić information content (AvgIpc) is 2.41. The summed E-state index contributed by atoms with van der Waals surface area (Å²) in [5.74, 6) is 0. The Kier molecular flexibility index (Phi) is 4.11. The van der Waals surface area contributed by atoms with Gasteiger partial charge < -0.3 is 10.4 Å². The number of aromatic amines is 1. The molecular weight excluding hydrogens is 298 g/mol. The molecule has 5 nitrogen and oxygen atoms in total. The van der Waals surface area contributed by atoms with Crippen LogP contribution in [-0.2, 0) is 0 Å². The lowest BCUT2D eigenvalue weighted by Gasteiger charge is -2.18. The van der Waals surface area contributed by atoms with Crippen molar-refractivity contribution in [2.24, 2.45) is 0 Å². The third kappa shape index (κ3) is 2.77. The molecule has 0 aliphatic rings. The van der Waals surface area contributed by atoms with Crippen LogP contribution in [0.2, 0.25) is 0 Å². The molecule has 1 aromatic carbocycles. The first kappa shape index (κ1) is 12.8. The van der Waals surface area contributed by atoms with Crippen molar-refractivity contribution in [2.45, 2.75) is 6.04 Å². The highest BCUT2D eigenvalue weighted by Crippen LogP contribution is 2.22. The fraction of sp³-hybridized carbons (Fsp3) is 0.167. The summed E-state index contributed by atoms with van der Waals surface area (Å²) in [6.45, 7) is -0.0801. The van der Waals surface area contributed by atoms with Gasteiger partial charge in [-0.15, -0.1) is 0 Å². The van der Waals surface area contributed by atoms with E-state index in [4.69, 9.17) is 0 Å². The number of aliphatic hydroxyl groups excluding tert-OH is 1. The zero-order valence-corrected chi connectivity index (χ0v) is 11.0. The molecule has 1 atom stereocenters. The molecule has 0 aliphatic carbocycles. The maximum Gasteiger partial charge on any atom is 0.280 e. The van der Waals surface area contributed by atoms with Gasteiger partial charge in [0.2, 0.25) is 0 Å². The summed E-state index contributed by atoms with van der Waals surface area (Å²) in [5, 5.41) is 18.5. The third-order valence-electron chi connectivity index (χ3n) is 2.51. The SMILES string of the molecule is O=c1[nH]ncc(NC(CO)c2ccccc2)c1Br. The summed E-state index contributed by atoms with van der Waals surface area (Å²) in [6, 6.07) is 9.22. The molecule has 6 heteroatoms. The Morgan fingerprint density at radius 1 is 1.39 bits per heavy atom. The van der Waals surface area contributed by atoms with Crippen molar-refractivity contribution in [1.82, 2.24) is 10.2 Å². The fourth-order valence-electron chi connectivity index (χ4n) is 1.59. The molecule has 18 heavy (non-hydrogen) atoms. The van der Waals surface area contributed by atoms with Gasteiger partial charge in [0.25, 0.3) is 5.56 Å². The van der Waals surface area contributed by atoms with Crippen LogP contribution in [0.5, 0.6) is 0 Å². The van der Waals surface area contributed by atoms with Gasteiger partial charge in [0.05, 0.1) is 24.5 Å². The predicted molar refractivity (Wildman–Crippen MR) is 72.4 cm³/mol. The van der Waals surface area contributed by atoms with Crippen molar-refractivity contribution in [3.8, 4) is 0 Å². The Labute approximate surface area is 112 Å². The highest BCUT2D eigenvalue weighted by Gasteiger charge is 2.12. The zero-order chi connectivity index (χ0) is 13.0. The Balaban J connectivity index is 2.26. The van der Waals surface area contributed by atoms with E-state index in [1.54, 1.807) is 0 Å². The van der Waals surface area contributed by atoms with Gasteiger partial charge in [-0.3, -0.25) is 4.79 Å². The number of aromatic nitrogens is 2. The first-order valence-electron chi connectivity index (χ1n) is 5.38. The van der Waals surface area contributed by atoms with E-state index in [-0.39, 0.29) is 18.2 Å². The standard InChI is InChI=1S/C12H12BrN3O2/c13-11-9(6-14-16-12(11)18)15-10(7-17)8-4-2-1-3-5-8/h1-6,10,17H,7H2,(H2,15,16,18). The number of nitrogens with one attached hydrogen (secondary N) is 2. The molecule has 0 aliphatic heterocycles. The molecule has 94 valence electrons. The van der Waals surface area contributed by atoms with E-state index in [0.29, 0.717) is 10.2 Å². The molecule has 1 aromatic heterocycles. The highest BCUT2D eigenvalue weighted by molar-refractivity contribution is 9.10. The van der Waals surface area contributed by atoms with Crippen LogP contribution in [0, 0.1) is 0 Å². The molecule has 0 radical (unpaired) electrons. The molecule has 1 heterocycles. The molecule has 0 spiro atoms. The molecule has 0 amide bonds. The first-order chi connectivity index (χ1) is 8.72. The second-order valence-electron chi connectivity index (χ2n) is 3.72. The van der Waals surface area contributed by atoms with Crippen molar-refractivity contribution in [1.29, 1.82) is 0 Å². The van der Waals surface area contributed by atoms with Gasteiger partial charge in [-0.25, -0.2) is 5.10 Å². The number of aliphatic hydroxyl groups is 1. The molecule has 1 unspecified atom stereocenters. The van der Waals surface area contributed by atoms with Gasteiger partial charge in [0.1, 0.15) is 4.47 Å². The molecule has 0 saturated carbocycles. The summed E-state index contributed by atoms with van der Waals surface area (Å²) in [6.07, 6.45) is 1.50. The third-order valence-corrected chi connectivity index (χ3v) is 3.30. The van der Waals surface area contributed by atoms with E-state index < -0.39 is 0 Å². The summed E-state index contributed by atoms with van der Waals surface area (Å²) in [4.78, 5) is 11.4. The van der Waals surface area contributed by atoms with Crippen LogP contribution >= 0.6 is 15.9 Å². The van der Waals surface area contributed by atoms with Gasteiger partial charge in [-0.2, -0.15) is 5.10 Å². The van der Waals surface area contributed by atoms with Crippen LogP contribution in [-0.4, -0.2) is 21.9 Å². The Hall–Kier alpha value is -1.66. The van der Waals surface area contributed by atoms with E-state index >= 15 is 0 Å². The number of rotatable bonds is 4. The maximum atomic E-state index is 11.4. The predicted octanol–water partition coefficient (Wildman–Crippen LogP) is 1.68. The summed E-state index contributed by atoms with van der Waals surface area (Å²) >= 11 is 3.18. The molecule has 2 rings (SSSR count). The van der Waals surface area contributed by atoms with Gasteiger partial charge in [0.15, 0.2) is 0 Å². The number of benzene rings is 1. The summed E-state index contributed by atoms with van der Waals surface area (Å²) in [5.41, 5.74) is 1.17. The van der Waals surface area contributed by atoms with Crippen molar-refractivity contribution in [3.63, 3.8) is 0 Å². The first-order valence-corrected chi connectivity index (χ1v) is 6.17. The van der Waals surface area contributed by atoms with Crippen molar-refractivity contribution < 1.29 is 5.11 Å². The fourth-order valence-corrected chi connectivity index (χ4v) is 1.90. The average molecular weight is 310 g/mol. The second kappa shape index (κ2) is 5.79. The normalized spacial score (nSPS) is 12.1. The van der Waals surface area contributed by atoms with E-state index in [0.717, 1.165) is 5.56 Å². The van der Waals surface area contributed by atoms with Crippen LogP contribution in [0.15, 0.2) is 45.8 Å². The number of halogens is 1. The topological polar surface area (TPSA) is 78.0 Å². The Morgan fingerprint density at radius 3 is 2.78 bits per heavy atom. The number of H-pyrrole nitrogens is 1. The minimum atomic E-state index is -0.315. The Morgan fingerprint density at radius 2 is 2.11 bits per heavy atom. The quantitative estimate of drug-likeness (QED) is 0.803. The van der Waals surface area contributed by atoms with E-state index in [2.05, 4.69) is 31.4 Å². The molecule has 0 fully saturated rings. The number of nitrogens with zero attached hydrogens (tertiary/aromatic N) is 1. The number of hydrogen-bond donors (Lipinski definition) is 3. The summed E-state index contributed by atoms with van der Waals surface area (Å²) < 4.78 is 0.367. The zero-order valence-electron chi connectivity index (χ0n) is 9.43. The van der Waals surface area contributed by atoms with E-state index in [1.165, 1.54) is 6.20 Å². The molecule has 0 bridgehead atoms. The summed E-state index contributed by atoms with van der Waals surface area (Å²) in [7, 11) is 0. The Bertz CT molecular complexity index is 571. The van der Waals surface area contributed by atoms with E-state index in [1.807, 2.05) is 30.3 Å². The largest absolute Gasteiger partial charge is 0.394 e. The van der Waals surface area contributed by atoms with Gasteiger partial charge in [-0.1, -0.05) is 30.3 Å². The van der Waals surface area contributed by atoms with E-state index in [9.17, 15) is 9.90 Å². The lowest BCUT2D eigenvalue weighted by molar-refractivity contribution is 0.276. The lowest BCUT2D eigenvalue weighted by atomic mass is 10.1. The van der Waals surface area contributed by atoms with Crippen LogP contribution in [0.1, 0.15) is 11.6 Å². The number of anilines is 1. The van der Waals surface area contributed by atoms with Gasteiger partial charge >= 0.3 is 0 Å². The van der Waals surface area contributed by atoms with Crippen LogP contribution in [0.3, 0.4) is 0 Å². The van der Waals surface area contributed by atoms with Crippen LogP contribution < -0.4 is 10.9 Å². The minimum Gasteiger partial charge on any atom is -0.394 e.